The summed E-state index contributed by atoms with van der Waals surface area (Å²) >= 11 is 1.71. The van der Waals surface area contributed by atoms with Crippen LogP contribution >= 0.6 is 11.3 Å². The zero-order chi connectivity index (χ0) is 18.1. The van der Waals surface area contributed by atoms with Crippen molar-refractivity contribution in [3.05, 3.63) is 46.6 Å². The second-order valence-corrected chi connectivity index (χ2v) is 7.88. The molecule has 1 aliphatic carbocycles. The Kier molecular flexibility index (Phi) is 4.59. The molecule has 6 heteroatoms. The van der Waals surface area contributed by atoms with Crippen LogP contribution in [0.25, 0.3) is 10.2 Å². The van der Waals surface area contributed by atoms with Crippen LogP contribution in [0.5, 0.6) is 5.88 Å². The number of carbonyl (C=O) groups is 1. The van der Waals surface area contributed by atoms with Crippen molar-refractivity contribution >= 4 is 33.1 Å². The molecule has 2 aromatic heterocycles. The molecule has 1 N–H and O–H groups in total. The second kappa shape index (κ2) is 7.03. The van der Waals surface area contributed by atoms with Crippen LogP contribution < -0.4 is 10.1 Å². The third-order valence-electron chi connectivity index (χ3n) is 4.66. The van der Waals surface area contributed by atoms with E-state index in [0.717, 1.165) is 40.7 Å². The molecule has 0 atom stereocenters. The van der Waals surface area contributed by atoms with Gasteiger partial charge in [-0.25, -0.2) is 9.97 Å². The maximum absolute atomic E-state index is 12.4. The number of ether oxygens (including phenoxy) is 1. The van der Waals surface area contributed by atoms with Crippen LogP contribution in [0.15, 0.2) is 30.6 Å². The minimum absolute atomic E-state index is 0.0663. The first-order valence-corrected chi connectivity index (χ1v) is 9.72. The Hall–Kier alpha value is -2.47. The van der Waals surface area contributed by atoms with Crippen LogP contribution in [0.4, 0.5) is 5.69 Å². The van der Waals surface area contributed by atoms with Crippen molar-refractivity contribution in [2.45, 2.75) is 39.0 Å². The minimum atomic E-state index is -0.184. The molecule has 5 nitrogen and oxygen atoms in total. The Balaban J connectivity index is 1.50. The Labute approximate surface area is 156 Å². The maximum Gasteiger partial charge on any atom is 0.262 e. The smallest absolute Gasteiger partial charge is 0.262 e. The average Bonchev–Trinajstić information content (AvgIpc) is 3.21. The van der Waals surface area contributed by atoms with Crippen molar-refractivity contribution < 1.29 is 9.53 Å². The van der Waals surface area contributed by atoms with Crippen LogP contribution in [0.1, 0.15) is 42.2 Å². The molecule has 0 radical (unpaired) electrons. The summed E-state index contributed by atoms with van der Waals surface area (Å²) in [5.41, 5.74) is 3.24. The Morgan fingerprint density at radius 1 is 1.27 bits per heavy atom. The predicted octanol–water partition coefficient (Wildman–Crippen LogP) is 4.32. The summed E-state index contributed by atoms with van der Waals surface area (Å²) in [5, 5.41) is 3.94. The largest absolute Gasteiger partial charge is 0.467 e. The number of aryl methyl sites for hydroxylation is 2. The van der Waals surface area contributed by atoms with E-state index in [4.69, 9.17) is 4.74 Å². The van der Waals surface area contributed by atoms with Gasteiger partial charge in [-0.1, -0.05) is 32.0 Å². The third-order valence-corrected chi connectivity index (χ3v) is 5.86. The molecular weight excluding hydrogens is 346 g/mol. The summed E-state index contributed by atoms with van der Waals surface area (Å²) < 4.78 is 5.78. The number of carbonyl (C=O) groups excluding carboxylic acids is 1. The van der Waals surface area contributed by atoms with Crippen LogP contribution in [0.3, 0.4) is 0 Å². The fraction of sp³-hybridized carbons (Fsp3) is 0.350. The molecule has 0 aliphatic heterocycles. The van der Waals surface area contributed by atoms with Crippen molar-refractivity contribution in [3.8, 4) is 5.88 Å². The molecule has 0 saturated carbocycles. The number of nitrogens with one attached hydrogen (secondary N) is 1. The highest BCUT2D eigenvalue weighted by molar-refractivity contribution is 7.18. The van der Waals surface area contributed by atoms with E-state index in [1.807, 2.05) is 24.3 Å². The third kappa shape index (κ3) is 3.17. The molecule has 26 heavy (non-hydrogen) atoms. The average molecular weight is 367 g/mol. The molecule has 0 spiro atoms. The second-order valence-electron chi connectivity index (χ2n) is 6.80. The van der Waals surface area contributed by atoms with E-state index >= 15 is 0 Å². The summed E-state index contributed by atoms with van der Waals surface area (Å²) in [4.78, 5) is 23.3. The number of fused-ring (bicyclic) bond motifs is 3. The highest BCUT2D eigenvalue weighted by atomic mass is 32.1. The van der Waals surface area contributed by atoms with Crippen molar-refractivity contribution in [3.63, 3.8) is 0 Å². The number of anilines is 1. The van der Waals surface area contributed by atoms with Crippen LogP contribution in [0.2, 0.25) is 0 Å². The zero-order valence-corrected chi connectivity index (χ0v) is 15.7. The number of para-hydroxylation sites is 1. The van der Waals surface area contributed by atoms with Gasteiger partial charge in [0.15, 0.2) is 6.61 Å². The summed E-state index contributed by atoms with van der Waals surface area (Å²) in [5.74, 6) is 0.667. The van der Waals surface area contributed by atoms with E-state index in [2.05, 4.69) is 29.1 Å². The Morgan fingerprint density at radius 3 is 2.96 bits per heavy atom. The minimum Gasteiger partial charge on any atom is -0.467 e. The first-order valence-electron chi connectivity index (χ1n) is 8.90. The number of thiophene rings is 1. The molecule has 134 valence electrons. The number of amides is 1. The molecular formula is C20H21N3O2S. The lowest BCUT2D eigenvalue weighted by atomic mass is 10.0. The van der Waals surface area contributed by atoms with E-state index in [1.165, 1.54) is 16.8 Å². The predicted molar refractivity (Wildman–Crippen MR) is 104 cm³/mol. The molecule has 1 aromatic carbocycles. The number of rotatable bonds is 5. The lowest BCUT2D eigenvalue weighted by molar-refractivity contribution is -0.118. The molecule has 0 saturated heterocycles. The van der Waals surface area contributed by atoms with Gasteiger partial charge < -0.3 is 10.1 Å². The number of hydrogen-bond acceptors (Lipinski definition) is 5. The molecule has 1 aliphatic rings. The molecule has 0 fully saturated rings. The van der Waals surface area contributed by atoms with Gasteiger partial charge in [0.2, 0.25) is 5.88 Å². The molecule has 0 bridgehead atoms. The van der Waals surface area contributed by atoms with Crippen molar-refractivity contribution in [1.29, 1.82) is 0 Å². The normalized spacial score (nSPS) is 13.2. The first kappa shape index (κ1) is 17.0. The number of hydrogen-bond donors (Lipinski definition) is 1. The van der Waals surface area contributed by atoms with Crippen LogP contribution in [-0.2, 0) is 17.6 Å². The number of benzene rings is 1. The van der Waals surface area contributed by atoms with Gasteiger partial charge in [-0.3, -0.25) is 4.79 Å². The molecule has 1 amide bonds. The number of aromatic nitrogens is 2. The maximum atomic E-state index is 12.4. The highest BCUT2D eigenvalue weighted by Gasteiger charge is 2.22. The molecule has 3 aromatic rings. The lowest BCUT2D eigenvalue weighted by Gasteiger charge is -2.14. The Morgan fingerprint density at radius 2 is 2.12 bits per heavy atom. The Bertz CT molecular complexity index is 965. The van der Waals surface area contributed by atoms with Gasteiger partial charge >= 0.3 is 0 Å². The zero-order valence-electron chi connectivity index (χ0n) is 14.9. The van der Waals surface area contributed by atoms with Crippen molar-refractivity contribution in [1.82, 2.24) is 9.97 Å². The molecule has 4 rings (SSSR count). The standard InChI is InChI=1S/C20H21N3O2S/c1-12(2)13-6-3-4-8-15(13)23-17(24)10-25-19-18-14-7-5-9-16(14)26-20(18)22-11-21-19/h3-4,6,8,11-12H,5,7,9-10H2,1-2H3,(H,23,24). The van der Waals surface area contributed by atoms with Crippen molar-refractivity contribution in [2.75, 3.05) is 11.9 Å². The van der Waals surface area contributed by atoms with E-state index in [1.54, 1.807) is 11.3 Å². The lowest BCUT2D eigenvalue weighted by Crippen LogP contribution is -2.21. The fourth-order valence-corrected chi connectivity index (χ4v) is 4.66. The highest BCUT2D eigenvalue weighted by Crippen LogP contribution is 2.39. The van der Waals surface area contributed by atoms with E-state index < -0.39 is 0 Å². The quantitative estimate of drug-likeness (QED) is 0.729. The van der Waals surface area contributed by atoms with Gasteiger partial charge in [-0.15, -0.1) is 11.3 Å². The molecule has 0 unspecified atom stereocenters. The van der Waals surface area contributed by atoms with Gasteiger partial charge in [-0.05, 0) is 42.4 Å². The SMILES string of the molecule is CC(C)c1ccccc1NC(=O)COc1ncnc2sc3c(c12)CCC3. The topological polar surface area (TPSA) is 64.1 Å². The summed E-state index contributed by atoms with van der Waals surface area (Å²) in [6.45, 7) is 4.15. The van der Waals surface area contributed by atoms with Crippen LogP contribution in [0, 0.1) is 0 Å². The van der Waals surface area contributed by atoms with Gasteiger partial charge in [0.05, 0.1) is 5.39 Å². The van der Waals surface area contributed by atoms with Gasteiger partial charge in [0.25, 0.3) is 5.91 Å². The summed E-state index contributed by atoms with van der Waals surface area (Å²) in [7, 11) is 0. The summed E-state index contributed by atoms with van der Waals surface area (Å²) in [6.07, 6.45) is 4.81. The fourth-order valence-electron chi connectivity index (χ4n) is 3.44. The van der Waals surface area contributed by atoms with Gasteiger partial charge in [0.1, 0.15) is 11.2 Å². The van der Waals surface area contributed by atoms with E-state index in [9.17, 15) is 4.79 Å². The first-order chi connectivity index (χ1) is 12.6. The monoisotopic (exact) mass is 367 g/mol. The summed E-state index contributed by atoms with van der Waals surface area (Å²) in [6, 6.07) is 7.85. The molecule has 2 heterocycles. The van der Waals surface area contributed by atoms with Gasteiger partial charge in [0, 0.05) is 10.6 Å². The van der Waals surface area contributed by atoms with Crippen molar-refractivity contribution in [2.24, 2.45) is 0 Å². The van der Waals surface area contributed by atoms with E-state index in [-0.39, 0.29) is 12.5 Å². The van der Waals surface area contributed by atoms with Crippen LogP contribution in [-0.4, -0.2) is 22.5 Å². The van der Waals surface area contributed by atoms with E-state index in [0.29, 0.717) is 11.8 Å². The number of nitrogens with zero attached hydrogens (tertiary/aromatic N) is 2. The van der Waals surface area contributed by atoms with Gasteiger partial charge in [-0.2, -0.15) is 0 Å².